The molecule has 0 bridgehead atoms. The van der Waals surface area contributed by atoms with Crippen LogP contribution in [0.4, 0.5) is 5.69 Å². The Morgan fingerprint density at radius 3 is 2.12 bits per heavy atom. The van der Waals surface area contributed by atoms with Crippen LogP contribution in [0.3, 0.4) is 0 Å². The molecule has 7 nitrogen and oxygen atoms in total. The number of hydrogen-bond donors (Lipinski definition) is 1. The van der Waals surface area contributed by atoms with Crippen molar-refractivity contribution < 1.29 is 18.0 Å². The summed E-state index contributed by atoms with van der Waals surface area (Å²) in [7, 11) is -3.61. The lowest BCUT2D eigenvalue weighted by molar-refractivity contribution is -0.121. The molecule has 2 amide bonds. The topological polar surface area (TPSA) is 86.8 Å². The van der Waals surface area contributed by atoms with E-state index in [2.05, 4.69) is 5.32 Å². The maximum absolute atomic E-state index is 13.2. The molecule has 1 aromatic heterocycles. The largest absolute Gasteiger partial charge is 0.338 e. The molecule has 1 N–H and O–H groups in total. The number of piperidine rings is 1. The normalized spacial score (nSPS) is 15.3. The van der Waals surface area contributed by atoms with E-state index >= 15 is 0 Å². The molecule has 1 aliphatic heterocycles. The summed E-state index contributed by atoms with van der Waals surface area (Å²) in [5.41, 5.74) is 0.570. The lowest BCUT2D eigenvalue weighted by Gasteiger charge is -2.31. The number of carbonyl (C=O) groups excluding carboxylic acids is 2. The van der Waals surface area contributed by atoms with Gasteiger partial charge in [0.15, 0.2) is 0 Å². The zero-order valence-corrected chi connectivity index (χ0v) is 22.0. The minimum Gasteiger partial charge on any atom is -0.338 e. The Morgan fingerprint density at radius 1 is 1.03 bits per heavy atom. The third-order valence-corrected chi connectivity index (χ3v) is 8.49. The van der Waals surface area contributed by atoms with Gasteiger partial charge in [0.1, 0.15) is 0 Å². The lowest BCUT2D eigenvalue weighted by atomic mass is 9.95. The van der Waals surface area contributed by atoms with E-state index in [0.717, 1.165) is 4.88 Å². The number of thiophene rings is 1. The molecule has 3 rings (SSSR count). The van der Waals surface area contributed by atoms with Crippen molar-refractivity contribution in [3.8, 4) is 0 Å². The zero-order valence-electron chi connectivity index (χ0n) is 20.4. The van der Waals surface area contributed by atoms with Gasteiger partial charge in [0.25, 0.3) is 5.91 Å². The van der Waals surface area contributed by atoms with E-state index in [4.69, 9.17) is 0 Å². The van der Waals surface area contributed by atoms with Crippen LogP contribution in [-0.4, -0.2) is 55.6 Å². The Morgan fingerprint density at radius 2 is 1.62 bits per heavy atom. The molecule has 0 aliphatic carbocycles. The number of nitrogens with zero attached hydrogens (tertiary/aromatic N) is 2. The first-order chi connectivity index (χ1) is 16.1. The van der Waals surface area contributed by atoms with Gasteiger partial charge in [0, 0.05) is 37.8 Å². The second-order valence-corrected chi connectivity index (χ2v) is 12.6. The number of benzene rings is 1. The first-order valence-corrected chi connectivity index (χ1v) is 14.1. The van der Waals surface area contributed by atoms with E-state index in [9.17, 15) is 18.0 Å². The second-order valence-electron chi connectivity index (χ2n) is 9.67. The molecule has 2 heterocycles. The van der Waals surface area contributed by atoms with E-state index in [1.165, 1.54) is 11.3 Å². The summed E-state index contributed by atoms with van der Waals surface area (Å²) in [5, 5.41) is 4.79. The lowest BCUT2D eigenvalue weighted by Crippen LogP contribution is -2.41. The highest BCUT2D eigenvalue weighted by molar-refractivity contribution is 7.89. The Hall–Kier alpha value is -2.23. The van der Waals surface area contributed by atoms with Gasteiger partial charge in [-0.15, -0.1) is 11.3 Å². The third kappa shape index (κ3) is 6.67. The average Bonchev–Trinajstić information content (AvgIpc) is 3.33. The highest BCUT2D eigenvalue weighted by Gasteiger charge is 2.29. The van der Waals surface area contributed by atoms with Crippen LogP contribution in [0.1, 0.15) is 50.2 Å². The van der Waals surface area contributed by atoms with E-state index in [1.807, 2.05) is 45.2 Å². The molecule has 1 aliphatic rings. The minimum absolute atomic E-state index is 0.0228. The molecule has 9 heteroatoms. The summed E-state index contributed by atoms with van der Waals surface area (Å²) in [6.07, 6.45) is 1.21. The molecule has 1 saturated heterocycles. The van der Waals surface area contributed by atoms with Crippen molar-refractivity contribution in [2.75, 3.05) is 31.5 Å². The molecular weight excluding hydrogens is 470 g/mol. The monoisotopic (exact) mass is 505 g/mol. The highest BCUT2D eigenvalue weighted by atomic mass is 32.2. The van der Waals surface area contributed by atoms with E-state index in [1.54, 1.807) is 33.5 Å². The van der Waals surface area contributed by atoms with Gasteiger partial charge >= 0.3 is 0 Å². The maximum Gasteiger partial charge on any atom is 0.263 e. The van der Waals surface area contributed by atoms with E-state index < -0.39 is 10.0 Å². The van der Waals surface area contributed by atoms with Crippen molar-refractivity contribution in [2.24, 2.45) is 17.8 Å². The fraction of sp³-hybridized carbons (Fsp3) is 0.520. The number of likely N-dealkylation sites (tertiary alicyclic amines) is 1. The van der Waals surface area contributed by atoms with Crippen molar-refractivity contribution in [2.45, 2.75) is 45.4 Å². The van der Waals surface area contributed by atoms with Gasteiger partial charge < -0.3 is 10.2 Å². The summed E-state index contributed by atoms with van der Waals surface area (Å²) >= 11 is 1.43. The van der Waals surface area contributed by atoms with Crippen LogP contribution in [0.25, 0.3) is 0 Å². The molecule has 0 saturated carbocycles. The van der Waals surface area contributed by atoms with Gasteiger partial charge in [-0.2, -0.15) is 4.31 Å². The fourth-order valence-corrected chi connectivity index (χ4v) is 6.55. The first-order valence-electron chi connectivity index (χ1n) is 11.8. The first kappa shape index (κ1) is 26.4. The second kappa shape index (κ2) is 11.5. The van der Waals surface area contributed by atoms with Gasteiger partial charge in [-0.25, -0.2) is 8.42 Å². The highest BCUT2D eigenvalue weighted by Crippen LogP contribution is 2.24. The van der Waals surface area contributed by atoms with Crippen molar-refractivity contribution >= 4 is 38.9 Å². The predicted octanol–water partition coefficient (Wildman–Crippen LogP) is 4.54. The van der Waals surface area contributed by atoms with Crippen LogP contribution in [-0.2, 0) is 14.8 Å². The molecule has 0 unspecified atom stereocenters. The van der Waals surface area contributed by atoms with Crippen molar-refractivity contribution in [1.82, 2.24) is 9.21 Å². The Kier molecular flexibility index (Phi) is 8.89. The van der Waals surface area contributed by atoms with Gasteiger partial charge in [0.05, 0.1) is 9.77 Å². The van der Waals surface area contributed by atoms with Crippen molar-refractivity contribution in [3.63, 3.8) is 0 Å². The summed E-state index contributed by atoms with van der Waals surface area (Å²) in [6, 6.07) is 10.1. The van der Waals surface area contributed by atoms with Crippen LogP contribution >= 0.6 is 11.3 Å². The van der Waals surface area contributed by atoms with Crippen LogP contribution < -0.4 is 5.32 Å². The minimum atomic E-state index is -3.61. The predicted molar refractivity (Wildman–Crippen MR) is 136 cm³/mol. The van der Waals surface area contributed by atoms with E-state index in [-0.39, 0.29) is 34.5 Å². The SMILES string of the molecule is CC(C)CN(CC(C)C)S(=O)(=O)c1ccc(NC(=O)C2CCN(C(=O)c3cccs3)CC2)cc1. The zero-order chi connectivity index (χ0) is 24.9. The van der Waals surface area contributed by atoms with Crippen molar-refractivity contribution in [3.05, 3.63) is 46.7 Å². The van der Waals surface area contributed by atoms with Crippen LogP contribution in [0.2, 0.25) is 0 Å². The van der Waals surface area contributed by atoms with Gasteiger partial charge in [-0.1, -0.05) is 33.8 Å². The standard InChI is InChI=1S/C25H35N3O4S2/c1-18(2)16-28(17-19(3)4)34(31,32)22-9-7-21(8-10-22)26-24(29)20-11-13-27(14-12-20)25(30)23-6-5-15-33-23/h5-10,15,18-20H,11-14,16-17H2,1-4H3,(H,26,29). The molecule has 0 atom stereocenters. The molecule has 0 radical (unpaired) electrons. The number of rotatable bonds is 9. The number of hydrogen-bond acceptors (Lipinski definition) is 5. The van der Waals surface area contributed by atoms with Gasteiger partial charge in [-0.3, -0.25) is 9.59 Å². The van der Waals surface area contributed by atoms with Gasteiger partial charge in [-0.05, 0) is 60.4 Å². The Balaban J connectivity index is 1.59. The summed E-state index contributed by atoms with van der Waals surface area (Å²) in [5.74, 6) is 0.191. The summed E-state index contributed by atoms with van der Waals surface area (Å²) < 4.78 is 27.9. The molecular formula is C25H35N3O4S2. The molecule has 1 aromatic carbocycles. The maximum atomic E-state index is 13.2. The smallest absolute Gasteiger partial charge is 0.263 e. The Bertz CT molecular complexity index is 1050. The van der Waals surface area contributed by atoms with Crippen LogP contribution in [0.5, 0.6) is 0 Å². The van der Waals surface area contributed by atoms with Crippen molar-refractivity contribution in [1.29, 1.82) is 0 Å². The number of carbonyl (C=O) groups is 2. The quantitative estimate of drug-likeness (QED) is 0.542. The van der Waals surface area contributed by atoms with E-state index in [0.29, 0.717) is 44.7 Å². The third-order valence-electron chi connectivity index (χ3n) is 5.78. The molecule has 186 valence electrons. The van der Waals surface area contributed by atoms with Gasteiger partial charge in [0.2, 0.25) is 15.9 Å². The van der Waals surface area contributed by atoms with Crippen LogP contribution in [0, 0.1) is 17.8 Å². The fourth-order valence-electron chi connectivity index (χ4n) is 4.09. The summed E-state index contributed by atoms with van der Waals surface area (Å²) in [4.78, 5) is 28.0. The molecule has 2 aromatic rings. The number of anilines is 1. The number of nitrogens with one attached hydrogen (secondary N) is 1. The molecule has 0 spiro atoms. The number of sulfonamides is 1. The molecule has 34 heavy (non-hydrogen) atoms. The number of amides is 2. The van der Waals surface area contributed by atoms with Crippen LogP contribution in [0.15, 0.2) is 46.7 Å². The summed E-state index contributed by atoms with van der Waals surface area (Å²) in [6.45, 7) is 10.0. The average molecular weight is 506 g/mol. The molecule has 1 fully saturated rings. The Labute approximate surface area is 207 Å².